The Morgan fingerprint density at radius 1 is 1.33 bits per heavy atom. The topological polar surface area (TPSA) is 46.2 Å². The molecule has 0 aromatic heterocycles. The molecule has 0 radical (unpaired) electrons. The van der Waals surface area contributed by atoms with E-state index in [1.54, 1.807) is 0 Å². The zero-order valence-corrected chi connectivity index (χ0v) is 10.8. The molecule has 1 unspecified atom stereocenters. The molecule has 3 heteroatoms. The van der Waals surface area contributed by atoms with Crippen LogP contribution in [-0.2, 0) is 6.42 Å². The van der Waals surface area contributed by atoms with Crippen LogP contribution in [-0.4, -0.2) is 17.8 Å². The zero-order chi connectivity index (χ0) is 11.4. The average Bonchev–Trinajstić information content (AvgIpc) is 2.21. The smallest absolute Gasteiger partial charge is 0.0665 e. The predicted octanol–water partition coefficient (Wildman–Crippen LogP) is 2.32. The van der Waals surface area contributed by atoms with Crippen LogP contribution in [0.2, 0.25) is 0 Å². The number of benzene rings is 1. The zero-order valence-electron chi connectivity index (χ0n) is 9.26. The van der Waals surface area contributed by atoms with Crippen molar-refractivity contribution in [3.8, 4) is 0 Å². The summed E-state index contributed by atoms with van der Waals surface area (Å²) in [5.41, 5.74) is 9.18. The maximum Gasteiger partial charge on any atom is 0.0665 e. The van der Waals surface area contributed by atoms with Crippen molar-refractivity contribution in [1.29, 1.82) is 0 Å². The number of aliphatic hydroxyl groups is 1. The quantitative estimate of drug-likeness (QED) is 0.883. The lowest BCUT2D eigenvalue weighted by Crippen LogP contribution is -2.20. The molecule has 0 fully saturated rings. The molecule has 3 N–H and O–H groups in total. The minimum atomic E-state index is -0.390. The fraction of sp³-hybridized carbons (Fsp3) is 0.500. The summed E-state index contributed by atoms with van der Waals surface area (Å²) in [4.78, 5) is 0. The highest BCUT2D eigenvalue weighted by atomic mass is 79.9. The molecule has 0 saturated heterocycles. The van der Waals surface area contributed by atoms with Crippen molar-refractivity contribution in [2.45, 2.75) is 32.8 Å². The van der Waals surface area contributed by atoms with E-state index in [1.165, 1.54) is 16.7 Å². The number of rotatable bonds is 4. The maximum atomic E-state index is 9.39. The molecular weight excluding hydrogens is 254 g/mol. The molecule has 2 nitrogen and oxygen atoms in total. The summed E-state index contributed by atoms with van der Waals surface area (Å²) in [6, 6.07) is 4.29. The van der Waals surface area contributed by atoms with Crippen LogP contribution in [0, 0.1) is 13.8 Å². The van der Waals surface area contributed by atoms with Crippen LogP contribution in [0.25, 0.3) is 0 Å². The molecular formula is C12H18BrNO. The highest BCUT2D eigenvalue weighted by Gasteiger charge is 2.06. The second-order valence-corrected chi connectivity index (χ2v) is 4.81. The highest BCUT2D eigenvalue weighted by molar-refractivity contribution is 9.10. The van der Waals surface area contributed by atoms with E-state index in [9.17, 15) is 5.11 Å². The number of hydrogen-bond donors (Lipinski definition) is 2. The molecule has 1 atom stereocenters. The van der Waals surface area contributed by atoms with Crippen LogP contribution in [0.4, 0.5) is 0 Å². The number of hydrogen-bond acceptors (Lipinski definition) is 2. The maximum absolute atomic E-state index is 9.39. The van der Waals surface area contributed by atoms with Gasteiger partial charge in [0, 0.05) is 11.0 Å². The largest absolute Gasteiger partial charge is 0.392 e. The molecule has 0 amide bonds. The van der Waals surface area contributed by atoms with Gasteiger partial charge in [0.05, 0.1) is 6.10 Å². The molecule has 15 heavy (non-hydrogen) atoms. The first kappa shape index (κ1) is 12.7. The van der Waals surface area contributed by atoms with E-state index in [1.807, 2.05) is 0 Å². The van der Waals surface area contributed by atoms with Crippen molar-refractivity contribution in [1.82, 2.24) is 0 Å². The molecule has 0 bridgehead atoms. The Hall–Kier alpha value is -0.380. The third-order valence-electron chi connectivity index (χ3n) is 2.68. The fourth-order valence-electron chi connectivity index (χ4n) is 1.47. The minimum absolute atomic E-state index is 0.336. The van der Waals surface area contributed by atoms with Gasteiger partial charge in [0.2, 0.25) is 0 Å². The molecule has 1 aromatic carbocycles. The second kappa shape index (κ2) is 5.64. The van der Waals surface area contributed by atoms with Crippen molar-refractivity contribution < 1.29 is 5.11 Å². The van der Waals surface area contributed by atoms with Crippen LogP contribution < -0.4 is 5.73 Å². The lowest BCUT2D eigenvalue weighted by molar-refractivity contribution is 0.173. The molecule has 0 aliphatic rings. The molecule has 0 aliphatic heterocycles. The van der Waals surface area contributed by atoms with Crippen molar-refractivity contribution in [2.75, 3.05) is 6.54 Å². The summed E-state index contributed by atoms with van der Waals surface area (Å²) in [6.07, 6.45) is 1.19. The Morgan fingerprint density at radius 2 is 1.93 bits per heavy atom. The molecule has 1 aromatic rings. The van der Waals surface area contributed by atoms with Gasteiger partial charge in [-0.3, -0.25) is 0 Å². The van der Waals surface area contributed by atoms with Gasteiger partial charge in [-0.1, -0.05) is 22.0 Å². The van der Waals surface area contributed by atoms with Gasteiger partial charge in [0.25, 0.3) is 0 Å². The summed E-state index contributed by atoms with van der Waals surface area (Å²) in [6.45, 7) is 4.53. The first-order valence-corrected chi connectivity index (χ1v) is 5.97. The monoisotopic (exact) mass is 271 g/mol. The van der Waals surface area contributed by atoms with Gasteiger partial charge in [-0.05, 0) is 49.4 Å². The van der Waals surface area contributed by atoms with E-state index in [0.717, 1.165) is 17.3 Å². The normalized spacial score (nSPS) is 12.9. The lowest BCUT2D eigenvalue weighted by Gasteiger charge is -2.11. The molecule has 0 spiro atoms. The first-order chi connectivity index (χ1) is 7.04. The van der Waals surface area contributed by atoms with Gasteiger partial charge >= 0.3 is 0 Å². The van der Waals surface area contributed by atoms with Crippen molar-refractivity contribution >= 4 is 15.9 Å². The molecule has 0 aliphatic carbocycles. The SMILES string of the molecule is Cc1cc(Br)c(CCC(O)CN)cc1C. The summed E-state index contributed by atoms with van der Waals surface area (Å²) in [7, 11) is 0. The van der Waals surface area contributed by atoms with Gasteiger partial charge in [-0.25, -0.2) is 0 Å². The third kappa shape index (κ3) is 3.59. The molecule has 0 saturated carbocycles. The number of aryl methyl sites for hydroxylation is 3. The highest BCUT2D eigenvalue weighted by Crippen LogP contribution is 2.22. The minimum Gasteiger partial charge on any atom is -0.392 e. The summed E-state index contributed by atoms with van der Waals surface area (Å²) in [5, 5.41) is 9.39. The Morgan fingerprint density at radius 3 is 2.53 bits per heavy atom. The van der Waals surface area contributed by atoms with Crippen LogP contribution in [0.5, 0.6) is 0 Å². The van der Waals surface area contributed by atoms with Gasteiger partial charge in [0.15, 0.2) is 0 Å². The van der Waals surface area contributed by atoms with E-state index in [2.05, 4.69) is 41.9 Å². The molecule has 0 heterocycles. The average molecular weight is 272 g/mol. The lowest BCUT2D eigenvalue weighted by atomic mass is 10.0. The summed E-state index contributed by atoms with van der Waals surface area (Å²) < 4.78 is 1.12. The summed E-state index contributed by atoms with van der Waals surface area (Å²) >= 11 is 3.54. The van der Waals surface area contributed by atoms with Crippen LogP contribution >= 0.6 is 15.9 Å². The standard InChI is InChI=1S/C12H18BrNO/c1-8-5-10(3-4-11(15)7-14)12(13)6-9(8)2/h5-6,11,15H,3-4,7,14H2,1-2H3. The molecule has 1 rings (SSSR count). The Balaban J connectivity index is 2.73. The van der Waals surface area contributed by atoms with Gasteiger partial charge < -0.3 is 10.8 Å². The molecule has 84 valence electrons. The predicted molar refractivity (Wildman–Crippen MR) is 67.0 cm³/mol. The van der Waals surface area contributed by atoms with Crippen LogP contribution in [0.15, 0.2) is 16.6 Å². The van der Waals surface area contributed by atoms with E-state index in [-0.39, 0.29) is 0 Å². The first-order valence-electron chi connectivity index (χ1n) is 5.18. The Labute approximate surface area is 99.6 Å². The third-order valence-corrected chi connectivity index (χ3v) is 3.42. The van der Waals surface area contributed by atoms with Gasteiger partial charge in [-0.15, -0.1) is 0 Å². The van der Waals surface area contributed by atoms with E-state index in [4.69, 9.17) is 5.73 Å². The second-order valence-electron chi connectivity index (χ2n) is 3.96. The van der Waals surface area contributed by atoms with E-state index >= 15 is 0 Å². The number of aliphatic hydroxyl groups excluding tert-OH is 1. The van der Waals surface area contributed by atoms with Crippen LogP contribution in [0.1, 0.15) is 23.1 Å². The Bertz CT molecular complexity index is 339. The van der Waals surface area contributed by atoms with Crippen molar-refractivity contribution in [3.63, 3.8) is 0 Å². The van der Waals surface area contributed by atoms with E-state index < -0.39 is 6.10 Å². The van der Waals surface area contributed by atoms with E-state index in [0.29, 0.717) is 6.54 Å². The number of halogens is 1. The van der Waals surface area contributed by atoms with Crippen molar-refractivity contribution in [3.05, 3.63) is 33.3 Å². The fourth-order valence-corrected chi connectivity index (χ4v) is 2.13. The number of nitrogens with two attached hydrogens (primary N) is 1. The Kier molecular flexibility index (Phi) is 4.77. The van der Waals surface area contributed by atoms with Crippen LogP contribution in [0.3, 0.4) is 0 Å². The van der Waals surface area contributed by atoms with Gasteiger partial charge in [-0.2, -0.15) is 0 Å². The van der Waals surface area contributed by atoms with Crippen molar-refractivity contribution in [2.24, 2.45) is 5.73 Å². The summed E-state index contributed by atoms with van der Waals surface area (Å²) in [5.74, 6) is 0. The van der Waals surface area contributed by atoms with Gasteiger partial charge in [0.1, 0.15) is 0 Å².